The van der Waals surface area contributed by atoms with Crippen molar-refractivity contribution >= 4 is 16.6 Å². The fraction of sp³-hybridized carbons (Fsp3) is 0.357. The first-order chi connectivity index (χ1) is 9.18. The second kappa shape index (κ2) is 4.50. The molecule has 1 heterocycles. The van der Waals surface area contributed by atoms with Crippen LogP contribution >= 0.6 is 0 Å². The molecule has 0 radical (unpaired) electrons. The Morgan fingerprint density at radius 3 is 2.68 bits per heavy atom. The number of aromatic nitrogens is 1. The molecule has 0 aliphatic heterocycles. The van der Waals surface area contributed by atoms with Crippen LogP contribution in [0.1, 0.15) is 37.2 Å². The molecule has 98 valence electrons. The van der Waals surface area contributed by atoms with E-state index in [1.54, 1.807) is 6.20 Å². The Kier molecular flexibility index (Phi) is 2.81. The van der Waals surface area contributed by atoms with Crippen molar-refractivity contribution in [3.05, 3.63) is 40.1 Å². The Morgan fingerprint density at radius 2 is 2.00 bits per heavy atom. The molecule has 5 nitrogen and oxygen atoms in total. The molecular weight excluding hydrogens is 244 g/mol. The molecule has 0 spiro atoms. The highest BCUT2D eigenvalue weighted by Crippen LogP contribution is 2.41. The third-order valence-electron chi connectivity index (χ3n) is 3.87. The number of hydrogen-bond donors (Lipinski definition) is 1. The van der Waals surface area contributed by atoms with Gasteiger partial charge < -0.3 is 5.11 Å². The topological polar surface area (TPSA) is 76.3 Å². The molecule has 0 saturated heterocycles. The summed E-state index contributed by atoms with van der Waals surface area (Å²) < 4.78 is 0. The van der Waals surface area contributed by atoms with Gasteiger partial charge in [0.15, 0.2) is 0 Å². The van der Waals surface area contributed by atoms with Gasteiger partial charge in [-0.05, 0) is 36.5 Å². The van der Waals surface area contributed by atoms with Gasteiger partial charge in [-0.25, -0.2) is 0 Å². The zero-order valence-electron chi connectivity index (χ0n) is 10.4. The van der Waals surface area contributed by atoms with Crippen molar-refractivity contribution in [1.82, 2.24) is 4.98 Å². The summed E-state index contributed by atoms with van der Waals surface area (Å²) in [5.41, 5.74) is 1.31. The molecule has 1 aliphatic rings. The van der Waals surface area contributed by atoms with E-state index in [1.165, 1.54) is 12.1 Å². The zero-order valence-corrected chi connectivity index (χ0v) is 10.4. The van der Waals surface area contributed by atoms with E-state index in [9.17, 15) is 15.2 Å². The van der Waals surface area contributed by atoms with E-state index in [4.69, 9.17) is 0 Å². The van der Waals surface area contributed by atoms with E-state index in [0.29, 0.717) is 16.8 Å². The molecule has 0 unspecified atom stereocenters. The predicted molar refractivity (Wildman–Crippen MR) is 71.3 cm³/mol. The Balaban J connectivity index is 2.32. The lowest BCUT2D eigenvalue weighted by Gasteiger charge is -2.13. The number of aromatic hydroxyl groups is 1. The molecule has 1 aromatic heterocycles. The molecule has 0 bridgehead atoms. The summed E-state index contributed by atoms with van der Waals surface area (Å²) in [6.07, 6.45) is 6.03. The number of fused-ring (bicyclic) bond motifs is 1. The van der Waals surface area contributed by atoms with Crippen LogP contribution in [0.3, 0.4) is 0 Å². The highest BCUT2D eigenvalue weighted by Gasteiger charge is 2.25. The lowest BCUT2D eigenvalue weighted by atomic mass is 9.93. The second-order valence-electron chi connectivity index (χ2n) is 4.97. The molecule has 1 aromatic carbocycles. The number of non-ortho nitro benzene ring substituents is 1. The molecule has 0 atom stereocenters. The van der Waals surface area contributed by atoms with Gasteiger partial charge in [0.25, 0.3) is 5.69 Å². The lowest BCUT2D eigenvalue weighted by Crippen LogP contribution is -1.99. The molecule has 1 aliphatic carbocycles. The van der Waals surface area contributed by atoms with Crippen LogP contribution in [0.25, 0.3) is 10.9 Å². The fourth-order valence-electron chi connectivity index (χ4n) is 2.99. The zero-order chi connectivity index (χ0) is 13.4. The third kappa shape index (κ3) is 1.91. The molecule has 3 rings (SSSR count). The lowest BCUT2D eigenvalue weighted by molar-refractivity contribution is -0.383. The molecule has 2 aromatic rings. The smallest absolute Gasteiger partial charge is 0.279 e. The summed E-state index contributed by atoms with van der Waals surface area (Å²) in [6.45, 7) is 0. The molecular formula is C14H14N2O3. The number of nitro benzene ring substituents is 1. The van der Waals surface area contributed by atoms with Crippen LogP contribution in [0, 0.1) is 10.1 Å². The maximum Gasteiger partial charge on any atom is 0.279 e. The van der Waals surface area contributed by atoms with Crippen molar-refractivity contribution in [2.75, 3.05) is 0 Å². The van der Waals surface area contributed by atoms with E-state index >= 15 is 0 Å². The number of hydrogen-bond acceptors (Lipinski definition) is 4. The van der Waals surface area contributed by atoms with Crippen LogP contribution in [0.15, 0.2) is 24.4 Å². The van der Waals surface area contributed by atoms with Gasteiger partial charge in [0.05, 0.1) is 10.3 Å². The average molecular weight is 258 g/mol. The van der Waals surface area contributed by atoms with Crippen molar-refractivity contribution in [2.45, 2.75) is 31.6 Å². The predicted octanol–water partition coefficient (Wildman–Crippen LogP) is 3.51. The number of rotatable bonds is 2. The van der Waals surface area contributed by atoms with Gasteiger partial charge >= 0.3 is 0 Å². The van der Waals surface area contributed by atoms with Crippen molar-refractivity contribution in [2.24, 2.45) is 0 Å². The van der Waals surface area contributed by atoms with Gasteiger partial charge in [-0.3, -0.25) is 15.1 Å². The van der Waals surface area contributed by atoms with Crippen molar-refractivity contribution in [3.8, 4) is 5.75 Å². The van der Waals surface area contributed by atoms with Gasteiger partial charge in [0.1, 0.15) is 11.3 Å². The van der Waals surface area contributed by atoms with Crippen LogP contribution in [0.2, 0.25) is 0 Å². The molecule has 1 fully saturated rings. The highest BCUT2D eigenvalue weighted by molar-refractivity contribution is 5.95. The van der Waals surface area contributed by atoms with Gasteiger partial charge in [-0.2, -0.15) is 0 Å². The summed E-state index contributed by atoms with van der Waals surface area (Å²) in [6, 6.07) is 4.55. The molecule has 5 heteroatoms. The van der Waals surface area contributed by atoms with Gasteiger partial charge in [0.2, 0.25) is 0 Å². The molecule has 1 saturated carbocycles. The van der Waals surface area contributed by atoms with Gasteiger partial charge in [0, 0.05) is 12.3 Å². The van der Waals surface area contributed by atoms with Gasteiger partial charge in [-0.15, -0.1) is 0 Å². The number of nitro groups is 1. The minimum Gasteiger partial charge on any atom is -0.506 e. The monoisotopic (exact) mass is 258 g/mol. The number of phenolic OH excluding ortho intramolecular Hbond substituents is 1. The van der Waals surface area contributed by atoms with E-state index in [1.807, 2.05) is 6.07 Å². The summed E-state index contributed by atoms with van der Waals surface area (Å²) in [7, 11) is 0. The molecule has 0 amide bonds. The minimum absolute atomic E-state index is 0.000414. The normalized spacial score (nSPS) is 16.0. The third-order valence-corrected chi connectivity index (χ3v) is 3.87. The largest absolute Gasteiger partial charge is 0.506 e. The summed E-state index contributed by atoms with van der Waals surface area (Å²) in [5.74, 6) is 0.339. The fourth-order valence-corrected chi connectivity index (χ4v) is 2.99. The van der Waals surface area contributed by atoms with Crippen molar-refractivity contribution in [3.63, 3.8) is 0 Å². The number of phenols is 1. The van der Waals surface area contributed by atoms with Crippen LogP contribution in [-0.4, -0.2) is 15.0 Å². The van der Waals surface area contributed by atoms with Crippen molar-refractivity contribution < 1.29 is 10.0 Å². The van der Waals surface area contributed by atoms with Gasteiger partial charge in [-0.1, -0.05) is 12.8 Å². The van der Waals surface area contributed by atoms with Crippen molar-refractivity contribution in [1.29, 1.82) is 0 Å². The number of nitrogens with zero attached hydrogens (tertiary/aromatic N) is 2. The quantitative estimate of drug-likeness (QED) is 0.660. The molecule has 1 N–H and O–H groups in total. The van der Waals surface area contributed by atoms with E-state index in [0.717, 1.165) is 31.2 Å². The van der Waals surface area contributed by atoms with Crippen LogP contribution in [-0.2, 0) is 0 Å². The summed E-state index contributed by atoms with van der Waals surface area (Å²) >= 11 is 0. The molecule has 19 heavy (non-hydrogen) atoms. The minimum atomic E-state index is -0.401. The maximum atomic E-state index is 11.2. The Labute approximate surface area is 110 Å². The van der Waals surface area contributed by atoms with Crippen LogP contribution in [0.4, 0.5) is 5.69 Å². The summed E-state index contributed by atoms with van der Waals surface area (Å²) in [4.78, 5) is 14.9. The highest BCUT2D eigenvalue weighted by atomic mass is 16.6. The summed E-state index contributed by atoms with van der Waals surface area (Å²) in [5, 5.41) is 21.5. The van der Waals surface area contributed by atoms with E-state index < -0.39 is 4.92 Å². The SMILES string of the molecule is O=[N+]([O-])c1ccc(O)c2nccc(C3CCCC3)c12. The maximum absolute atomic E-state index is 11.2. The second-order valence-corrected chi connectivity index (χ2v) is 4.97. The Morgan fingerprint density at radius 1 is 1.26 bits per heavy atom. The Hall–Kier alpha value is -2.17. The average Bonchev–Trinajstić information content (AvgIpc) is 2.92. The first-order valence-electron chi connectivity index (χ1n) is 6.43. The van der Waals surface area contributed by atoms with Crippen LogP contribution < -0.4 is 0 Å². The first kappa shape index (κ1) is 11.9. The number of pyridine rings is 1. The van der Waals surface area contributed by atoms with E-state index in [-0.39, 0.29) is 11.4 Å². The Bertz CT molecular complexity index is 648. The van der Waals surface area contributed by atoms with E-state index in [2.05, 4.69) is 4.98 Å². The standard InChI is InChI=1S/C14H14N2O3/c17-12-6-5-11(16(18)19)13-10(7-8-15-14(12)13)9-3-1-2-4-9/h5-9,17H,1-4H2. The number of benzene rings is 1. The van der Waals surface area contributed by atoms with Crippen LogP contribution in [0.5, 0.6) is 5.75 Å². The first-order valence-corrected chi connectivity index (χ1v) is 6.43.